The van der Waals surface area contributed by atoms with Gasteiger partial charge in [-0.05, 0) is 42.7 Å². The minimum Gasteiger partial charge on any atom is -0.494 e. The minimum atomic E-state index is 0.564. The zero-order valence-corrected chi connectivity index (χ0v) is 18.3. The fourth-order valence-electron chi connectivity index (χ4n) is 4.18. The molecule has 5 aromatic rings. The molecule has 5 heteroatoms. The van der Waals surface area contributed by atoms with Crippen LogP contribution in [-0.4, -0.2) is 21.6 Å². The maximum absolute atomic E-state index is 9.10. The van der Waals surface area contributed by atoms with Crippen LogP contribution in [0.2, 0.25) is 0 Å². The summed E-state index contributed by atoms with van der Waals surface area (Å²) in [4.78, 5) is 9.97. The molecular weight excluding hydrogens is 408 g/mol. The van der Waals surface area contributed by atoms with Gasteiger partial charge in [0.15, 0.2) is 0 Å². The number of rotatable bonds is 6. The van der Waals surface area contributed by atoms with Gasteiger partial charge in [0, 0.05) is 16.8 Å². The molecule has 0 bridgehead atoms. The second kappa shape index (κ2) is 8.97. The summed E-state index contributed by atoms with van der Waals surface area (Å²) in [6.45, 7) is 0. The third-order valence-electron chi connectivity index (χ3n) is 5.74. The molecule has 5 rings (SSSR count). The second-order valence-electron chi connectivity index (χ2n) is 7.74. The SMILES string of the molecule is COc1cccc2c(CCc3ccccc3)nc(-n3c(C=CC#N)cc4ccccc43)nc12. The van der Waals surface area contributed by atoms with E-state index in [9.17, 15) is 0 Å². The average Bonchev–Trinajstić information content (AvgIpc) is 3.24. The number of allylic oxidation sites excluding steroid dienone is 1. The topological polar surface area (TPSA) is 63.7 Å². The standard InChI is InChI=1S/C28H22N4O/c1-33-26-15-7-13-23-24(17-16-20-9-3-2-4-10-20)30-28(31-27(23)26)32-22(12-8-18-29)19-21-11-5-6-14-25(21)32/h2-15,19H,16-17H2,1H3. The predicted molar refractivity (Wildman–Crippen MR) is 131 cm³/mol. The molecule has 2 heterocycles. The number of hydrogen-bond acceptors (Lipinski definition) is 4. The first kappa shape index (κ1) is 20.5. The van der Waals surface area contributed by atoms with E-state index >= 15 is 0 Å². The Kier molecular flexibility index (Phi) is 5.57. The molecule has 0 spiro atoms. The Morgan fingerprint density at radius 3 is 2.58 bits per heavy atom. The molecule has 160 valence electrons. The quantitative estimate of drug-likeness (QED) is 0.314. The normalized spacial score (nSPS) is 11.3. The van der Waals surface area contributed by atoms with Crippen LogP contribution in [-0.2, 0) is 12.8 Å². The Balaban J connectivity index is 1.73. The van der Waals surface area contributed by atoms with Gasteiger partial charge in [-0.1, -0.05) is 60.7 Å². The first-order valence-corrected chi connectivity index (χ1v) is 10.8. The van der Waals surface area contributed by atoms with Crippen LogP contribution in [0.5, 0.6) is 5.75 Å². The molecule has 0 aliphatic rings. The summed E-state index contributed by atoms with van der Waals surface area (Å²) < 4.78 is 7.64. The van der Waals surface area contributed by atoms with Crippen LogP contribution in [0.3, 0.4) is 0 Å². The minimum absolute atomic E-state index is 0.564. The van der Waals surface area contributed by atoms with Crippen LogP contribution in [0.25, 0.3) is 33.8 Å². The number of fused-ring (bicyclic) bond motifs is 2. The van der Waals surface area contributed by atoms with Crippen molar-refractivity contribution in [3.05, 3.63) is 102 Å². The summed E-state index contributed by atoms with van der Waals surface area (Å²) in [6, 6.07) is 28.6. The van der Waals surface area contributed by atoms with Crippen molar-refractivity contribution in [3.8, 4) is 17.8 Å². The number of nitriles is 1. The van der Waals surface area contributed by atoms with Crippen molar-refractivity contribution in [1.82, 2.24) is 14.5 Å². The number of benzene rings is 3. The highest BCUT2D eigenvalue weighted by molar-refractivity contribution is 5.89. The first-order chi connectivity index (χ1) is 16.3. The summed E-state index contributed by atoms with van der Waals surface area (Å²) in [6.07, 6.45) is 4.91. The fourth-order valence-corrected chi connectivity index (χ4v) is 4.18. The summed E-state index contributed by atoms with van der Waals surface area (Å²) in [5.41, 5.74) is 4.84. The van der Waals surface area contributed by atoms with E-state index in [1.165, 1.54) is 11.6 Å². The third kappa shape index (κ3) is 3.95. The maximum atomic E-state index is 9.10. The average molecular weight is 431 g/mol. The lowest BCUT2D eigenvalue weighted by molar-refractivity contribution is 0.418. The first-order valence-electron chi connectivity index (χ1n) is 10.8. The number of methoxy groups -OCH3 is 1. The number of nitrogens with zero attached hydrogens (tertiary/aromatic N) is 4. The van der Waals surface area contributed by atoms with Gasteiger partial charge in [0.25, 0.3) is 0 Å². The van der Waals surface area contributed by atoms with Crippen molar-refractivity contribution in [1.29, 1.82) is 5.26 Å². The fraction of sp³-hybridized carbons (Fsp3) is 0.107. The third-order valence-corrected chi connectivity index (χ3v) is 5.74. The highest BCUT2D eigenvalue weighted by Crippen LogP contribution is 2.30. The van der Waals surface area contributed by atoms with Crippen LogP contribution in [0.1, 0.15) is 17.0 Å². The molecular formula is C28H22N4O. The predicted octanol–water partition coefficient (Wildman–Crippen LogP) is 5.90. The smallest absolute Gasteiger partial charge is 0.235 e. The largest absolute Gasteiger partial charge is 0.494 e. The summed E-state index contributed by atoms with van der Waals surface area (Å²) >= 11 is 0. The monoisotopic (exact) mass is 430 g/mol. The summed E-state index contributed by atoms with van der Waals surface area (Å²) in [5, 5.41) is 11.1. The highest BCUT2D eigenvalue weighted by atomic mass is 16.5. The zero-order valence-electron chi connectivity index (χ0n) is 18.3. The number of aromatic nitrogens is 3. The Morgan fingerprint density at radius 2 is 1.76 bits per heavy atom. The molecule has 0 saturated carbocycles. The van der Waals surface area contributed by atoms with Crippen LogP contribution >= 0.6 is 0 Å². The maximum Gasteiger partial charge on any atom is 0.235 e. The van der Waals surface area contributed by atoms with E-state index in [1.807, 2.05) is 59.2 Å². The van der Waals surface area contributed by atoms with Crippen molar-refractivity contribution >= 4 is 27.9 Å². The molecule has 0 amide bonds. The van der Waals surface area contributed by atoms with Crippen LogP contribution in [0.4, 0.5) is 0 Å². The molecule has 3 aromatic carbocycles. The molecule has 0 fully saturated rings. The summed E-state index contributed by atoms with van der Waals surface area (Å²) in [7, 11) is 1.66. The zero-order chi connectivity index (χ0) is 22.6. The van der Waals surface area contributed by atoms with E-state index in [4.69, 9.17) is 20.0 Å². The lowest BCUT2D eigenvalue weighted by atomic mass is 10.0. The number of ether oxygens (including phenoxy) is 1. The van der Waals surface area contributed by atoms with Gasteiger partial charge in [-0.15, -0.1) is 0 Å². The molecule has 0 aliphatic carbocycles. The highest BCUT2D eigenvalue weighted by Gasteiger charge is 2.16. The Labute approximate surface area is 192 Å². The van der Waals surface area contributed by atoms with Crippen molar-refractivity contribution in [3.63, 3.8) is 0 Å². The van der Waals surface area contributed by atoms with Gasteiger partial charge in [0.05, 0.1) is 30.1 Å². The number of para-hydroxylation sites is 2. The molecule has 0 aliphatic heterocycles. The Morgan fingerprint density at radius 1 is 0.939 bits per heavy atom. The van der Waals surface area contributed by atoms with Gasteiger partial charge < -0.3 is 4.74 Å². The molecule has 5 nitrogen and oxygen atoms in total. The van der Waals surface area contributed by atoms with Gasteiger partial charge in [0.1, 0.15) is 11.3 Å². The van der Waals surface area contributed by atoms with Crippen LogP contribution in [0.15, 0.2) is 84.9 Å². The lowest BCUT2D eigenvalue weighted by Crippen LogP contribution is -2.08. The van der Waals surface area contributed by atoms with Crippen molar-refractivity contribution in [2.75, 3.05) is 7.11 Å². The van der Waals surface area contributed by atoms with E-state index in [2.05, 4.69) is 30.3 Å². The van der Waals surface area contributed by atoms with Gasteiger partial charge in [0.2, 0.25) is 5.95 Å². The van der Waals surface area contributed by atoms with Crippen LogP contribution in [0, 0.1) is 11.3 Å². The van der Waals surface area contributed by atoms with E-state index in [0.29, 0.717) is 11.7 Å². The molecule has 33 heavy (non-hydrogen) atoms. The van der Waals surface area contributed by atoms with E-state index in [0.717, 1.165) is 46.0 Å². The van der Waals surface area contributed by atoms with E-state index in [-0.39, 0.29) is 0 Å². The molecule has 2 aromatic heterocycles. The summed E-state index contributed by atoms with van der Waals surface area (Å²) in [5.74, 6) is 1.27. The molecule has 0 atom stereocenters. The lowest BCUT2D eigenvalue weighted by Gasteiger charge is -2.13. The Bertz CT molecular complexity index is 1510. The molecule has 0 radical (unpaired) electrons. The number of aryl methyl sites for hydroxylation is 2. The molecule has 0 unspecified atom stereocenters. The van der Waals surface area contributed by atoms with Gasteiger partial charge in [-0.25, -0.2) is 9.97 Å². The van der Waals surface area contributed by atoms with E-state index < -0.39 is 0 Å². The van der Waals surface area contributed by atoms with Crippen molar-refractivity contribution in [2.45, 2.75) is 12.8 Å². The van der Waals surface area contributed by atoms with Crippen molar-refractivity contribution in [2.24, 2.45) is 0 Å². The van der Waals surface area contributed by atoms with E-state index in [1.54, 1.807) is 13.2 Å². The van der Waals surface area contributed by atoms with Crippen molar-refractivity contribution < 1.29 is 4.74 Å². The van der Waals surface area contributed by atoms with Gasteiger partial charge >= 0.3 is 0 Å². The van der Waals surface area contributed by atoms with Crippen LogP contribution < -0.4 is 4.74 Å². The van der Waals surface area contributed by atoms with Gasteiger partial charge in [-0.3, -0.25) is 4.57 Å². The second-order valence-corrected chi connectivity index (χ2v) is 7.74. The molecule has 0 saturated heterocycles. The number of hydrogen-bond donors (Lipinski definition) is 0. The molecule has 0 N–H and O–H groups in total. The Hall–Kier alpha value is -4.43. The van der Waals surface area contributed by atoms with Gasteiger partial charge in [-0.2, -0.15) is 5.26 Å².